The van der Waals surface area contributed by atoms with Crippen molar-refractivity contribution in [3.05, 3.63) is 35.9 Å². The maximum Gasteiger partial charge on any atom is 0.326 e. The fourth-order valence-electron chi connectivity index (χ4n) is 1.47. The first kappa shape index (κ1) is 13.2. The fourth-order valence-corrected chi connectivity index (χ4v) is 1.47. The van der Waals surface area contributed by atoms with Crippen molar-refractivity contribution in [1.29, 1.82) is 0 Å². The monoisotopic (exact) mass is 236 g/mol. The van der Waals surface area contributed by atoms with E-state index in [2.05, 4.69) is 5.32 Å². The first-order valence-electron chi connectivity index (χ1n) is 5.39. The molecule has 0 saturated carbocycles. The summed E-state index contributed by atoms with van der Waals surface area (Å²) in [5.41, 5.74) is 6.17. The summed E-state index contributed by atoms with van der Waals surface area (Å²) in [5, 5.41) is 11.3. The summed E-state index contributed by atoms with van der Waals surface area (Å²) in [7, 11) is 0. The second kappa shape index (κ2) is 6.65. The van der Waals surface area contributed by atoms with Crippen LogP contribution in [0.3, 0.4) is 0 Å². The minimum absolute atomic E-state index is 0.199. The lowest BCUT2D eigenvalue weighted by Gasteiger charge is -2.13. The Morgan fingerprint density at radius 2 is 1.94 bits per heavy atom. The van der Waals surface area contributed by atoms with Crippen LogP contribution in [0.5, 0.6) is 0 Å². The normalized spacial score (nSPS) is 11.8. The maximum absolute atomic E-state index is 11.0. The van der Waals surface area contributed by atoms with Crippen molar-refractivity contribution in [2.75, 3.05) is 6.54 Å². The van der Waals surface area contributed by atoms with Crippen molar-refractivity contribution >= 4 is 11.9 Å². The van der Waals surface area contributed by atoms with Crippen LogP contribution < -0.4 is 11.1 Å². The molecule has 1 amide bonds. The number of amides is 1. The van der Waals surface area contributed by atoms with Crippen LogP contribution in [-0.4, -0.2) is 29.6 Å². The zero-order valence-electron chi connectivity index (χ0n) is 9.43. The lowest BCUT2D eigenvalue weighted by molar-refractivity contribution is -0.141. The average Bonchev–Trinajstić information content (AvgIpc) is 2.35. The van der Waals surface area contributed by atoms with Crippen molar-refractivity contribution in [3.8, 4) is 0 Å². The molecule has 0 heterocycles. The highest BCUT2D eigenvalue weighted by Gasteiger charge is 2.18. The molecule has 1 unspecified atom stereocenters. The van der Waals surface area contributed by atoms with Gasteiger partial charge in [-0.1, -0.05) is 30.3 Å². The SMILES string of the molecule is NCC(=O)NC(CCc1ccccc1)C(=O)O. The van der Waals surface area contributed by atoms with E-state index < -0.39 is 17.9 Å². The van der Waals surface area contributed by atoms with E-state index >= 15 is 0 Å². The second-order valence-corrected chi connectivity index (χ2v) is 3.69. The average molecular weight is 236 g/mol. The Hall–Kier alpha value is -1.88. The van der Waals surface area contributed by atoms with Crippen LogP contribution in [0.25, 0.3) is 0 Å². The van der Waals surface area contributed by atoms with Crippen LogP contribution in [-0.2, 0) is 16.0 Å². The molecule has 0 aliphatic carbocycles. The van der Waals surface area contributed by atoms with Crippen molar-refractivity contribution in [2.45, 2.75) is 18.9 Å². The van der Waals surface area contributed by atoms with E-state index in [0.717, 1.165) is 5.56 Å². The number of aryl methyl sites for hydroxylation is 1. The highest BCUT2D eigenvalue weighted by Crippen LogP contribution is 2.05. The van der Waals surface area contributed by atoms with Crippen LogP contribution in [0.15, 0.2) is 30.3 Å². The largest absolute Gasteiger partial charge is 0.480 e. The summed E-state index contributed by atoms with van der Waals surface area (Å²) in [6.07, 6.45) is 0.952. The smallest absolute Gasteiger partial charge is 0.326 e. The molecule has 5 nitrogen and oxygen atoms in total. The van der Waals surface area contributed by atoms with Crippen LogP contribution in [0.2, 0.25) is 0 Å². The van der Waals surface area contributed by atoms with Gasteiger partial charge in [0.15, 0.2) is 0 Å². The minimum Gasteiger partial charge on any atom is -0.480 e. The van der Waals surface area contributed by atoms with E-state index in [1.165, 1.54) is 0 Å². The van der Waals surface area contributed by atoms with Crippen LogP contribution >= 0.6 is 0 Å². The predicted molar refractivity (Wildman–Crippen MR) is 63.4 cm³/mol. The second-order valence-electron chi connectivity index (χ2n) is 3.69. The molecule has 0 radical (unpaired) electrons. The van der Waals surface area contributed by atoms with Gasteiger partial charge in [0.25, 0.3) is 0 Å². The Morgan fingerprint density at radius 1 is 1.29 bits per heavy atom. The summed E-state index contributed by atoms with van der Waals surface area (Å²) in [6, 6.07) is 8.64. The van der Waals surface area contributed by atoms with Crippen molar-refractivity contribution in [2.24, 2.45) is 5.73 Å². The van der Waals surface area contributed by atoms with Gasteiger partial charge >= 0.3 is 5.97 Å². The number of hydrogen-bond acceptors (Lipinski definition) is 3. The van der Waals surface area contributed by atoms with E-state index in [1.54, 1.807) is 0 Å². The standard InChI is InChI=1S/C12H16N2O3/c13-8-11(15)14-10(12(16)17)7-6-9-4-2-1-3-5-9/h1-5,10H,6-8,13H2,(H,14,15)(H,16,17). The topological polar surface area (TPSA) is 92.4 Å². The van der Waals surface area contributed by atoms with Gasteiger partial charge in [-0.3, -0.25) is 4.79 Å². The zero-order chi connectivity index (χ0) is 12.7. The van der Waals surface area contributed by atoms with Gasteiger partial charge in [0, 0.05) is 0 Å². The molecule has 92 valence electrons. The quantitative estimate of drug-likeness (QED) is 0.655. The molecule has 0 aromatic heterocycles. The first-order valence-corrected chi connectivity index (χ1v) is 5.39. The van der Waals surface area contributed by atoms with E-state index in [9.17, 15) is 9.59 Å². The molecule has 0 aliphatic heterocycles. The van der Waals surface area contributed by atoms with Crippen molar-refractivity contribution in [3.63, 3.8) is 0 Å². The molecule has 5 heteroatoms. The van der Waals surface area contributed by atoms with Gasteiger partial charge in [0.2, 0.25) is 5.91 Å². The molecule has 0 aliphatic rings. The van der Waals surface area contributed by atoms with E-state index in [0.29, 0.717) is 12.8 Å². The number of carbonyl (C=O) groups is 2. The maximum atomic E-state index is 11.0. The Bertz CT molecular complexity index is 379. The Balaban J connectivity index is 2.50. The molecular weight excluding hydrogens is 220 g/mol. The number of rotatable bonds is 6. The van der Waals surface area contributed by atoms with Crippen LogP contribution in [0, 0.1) is 0 Å². The minimum atomic E-state index is -1.04. The lowest BCUT2D eigenvalue weighted by atomic mass is 10.1. The number of carboxylic acid groups (broad SMARTS) is 1. The van der Waals surface area contributed by atoms with Crippen LogP contribution in [0.1, 0.15) is 12.0 Å². The number of aliphatic carboxylic acids is 1. The molecular formula is C12H16N2O3. The van der Waals surface area contributed by atoms with Crippen molar-refractivity contribution in [1.82, 2.24) is 5.32 Å². The number of nitrogens with two attached hydrogens (primary N) is 1. The molecule has 0 bridgehead atoms. The van der Waals surface area contributed by atoms with Crippen LogP contribution in [0.4, 0.5) is 0 Å². The Kier molecular flexibility index (Phi) is 5.16. The van der Waals surface area contributed by atoms with Gasteiger partial charge in [-0.05, 0) is 18.4 Å². The number of carbonyl (C=O) groups excluding carboxylic acids is 1. The summed E-state index contributed by atoms with van der Waals surface area (Å²) in [5.74, 6) is -1.49. The van der Waals surface area contributed by atoms with E-state index in [4.69, 9.17) is 10.8 Å². The molecule has 1 rings (SSSR count). The fraction of sp³-hybridized carbons (Fsp3) is 0.333. The van der Waals surface area contributed by atoms with Gasteiger partial charge in [-0.15, -0.1) is 0 Å². The molecule has 1 aromatic rings. The molecule has 1 atom stereocenters. The molecule has 1 aromatic carbocycles. The van der Waals surface area contributed by atoms with Gasteiger partial charge < -0.3 is 16.2 Å². The van der Waals surface area contributed by atoms with Gasteiger partial charge in [-0.2, -0.15) is 0 Å². The molecule has 0 spiro atoms. The summed E-state index contributed by atoms with van der Waals surface area (Å²) in [6.45, 7) is -0.199. The van der Waals surface area contributed by atoms with E-state index in [-0.39, 0.29) is 6.54 Å². The van der Waals surface area contributed by atoms with Gasteiger partial charge in [-0.25, -0.2) is 4.79 Å². The third-order valence-electron chi connectivity index (χ3n) is 2.38. The number of benzene rings is 1. The van der Waals surface area contributed by atoms with Gasteiger partial charge in [0.1, 0.15) is 6.04 Å². The Labute approximate surface area is 99.6 Å². The predicted octanol–water partition coefficient (Wildman–Crippen LogP) is 0.147. The highest BCUT2D eigenvalue weighted by atomic mass is 16.4. The first-order chi connectivity index (χ1) is 8.13. The molecule has 0 saturated heterocycles. The number of carboxylic acids is 1. The third kappa shape index (κ3) is 4.65. The summed E-state index contributed by atoms with van der Waals surface area (Å²) >= 11 is 0. The molecule has 4 N–H and O–H groups in total. The summed E-state index contributed by atoms with van der Waals surface area (Å²) in [4.78, 5) is 22.0. The number of hydrogen-bond donors (Lipinski definition) is 3. The summed E-state index contributed by atoms with van der Waals surface area (Å²) < 4.78 is 0. The van der Waals surface area contributed by atoms with Crippen molar-refractivity contribution < 1.29 is 14.7 Å². The molecule has 17 heavy (non-hydrogen) atoms. The lowest BCUT2D eigenvalue weighted by Crippen LogP contribution is -2.43. The number of nitrogens with one attached hydrogen (secondary N) is 1. The third-order valence-corrected chi connectivity index (χ3v) is 2.38. The van der Waals surface area contributed by atoms with E-state index in [1.807, 2.05) is 30.3 Å². The highest BCUT2D eigenvalue weighted by molar-refractivity contribution is 5.84. The Morgan fingerprint density at radius 3 is 2.47 bits per heavy atom. The zero-order valence-corrected chi connectivity index (χ0v) is 9.43. The van der Waals surface area contributed by atoms with Gasteiger partial charge in [0.05, 0.1) is 6.54 Å². The molecule has 0 fully saturated rings.